The first kappa shape index (κ1) is 10.9. The van der Waals surface area contributed by atoms with E-state index in [0.29, 0.717) is 0 Å². The molecule has 1 heterocycles. The molecule has 0 aromatic carbocycles. The summed E-state index contributed by atoms with van der Waals surface area (Å²) in [5, 5.41) is 17.2. The van der Waals surface area contributed by atoms with Crippen LogP contribution < -0.4 is 5.73 Å². The van der Waals surface area contributed by atoms with E-state index < -0.39 is 12.0 Å². The fraction of sp³-hybridized carbons (Fsp3) is 0.222. The number of halogens is 2. The largest absolute Gasteiger partial charge is 0.383 e. The molecule has 0 saturated carbocycles. The van der Waals surface area contributed by atoms with Crippen LogP contribution in [-0.2, 0) is 6.42 Å². The van der Waals surface area contributed by atoms with Crippen molar-refractivity contribution in [2.75, 3.05) is 5.73 Å². The Morgan fingerprint density at radius 2 is 2.13 bits per heavy atom. The van der Waals surface area contributed by atoms with Crippen molar-refractivity contribution in [3.8, 4) is 12.1 Å². The van der Waals surface area contributed by atoms with Crippen molar-refractivity contribution in [2.45, 2.75) is 12.8 Å². The van der Waals surface area contributed by atoms with Crippen molar-refractivity contribution >= 4 is 5.82 Å². The lowest BCUT2D eigenvalue weighted by Crippen LogP contribution is -2.04. The summed E-state index contributed by atoms with van der Waals surface area (Å²) in [5.74, 6) is -0.132. The lowest BCUT2D eigenvalue weighted by molar-refractivity contribution is 0.150. The van der Waals surface area contributed by atoms with Crippen LogP contribution in [0, 0.1) is 22.7 Å². The highest BCUT2D eigenvalue weighted by atomic mass is 19.3. The van der Waals surface area contributed by atoms with Gasteiger partial charge in [0.15, 0.2) is 0 Å². The van der Waals surface area contributed by atoms with Gasteiger partial charge < -0.3 is 5.73 Å². The zero-order valence-corrected chi connectivity index (χ0v) is 7.54. The normalized spacial score (nSPS) is 9.67. The Morgan fingerprint density at radius 1 is 1.47 bits per heavy atom. The average molecular weight is 208 g/mol. The summed E-state index contributed by atoms with van der Waals surface area (Å²) in [5.41, 5.74) is 4.75. The Morgan fingerprint density at radius 3 is 2.60 bits per heavy atom. The van der Waals surface area contributed by atoms with Crippen molar-refractivity contribution in [1.82, 2.24) is 4.98 Å². The molecule has 0 aliphatic rings. The van der Waals surface area contributed by atoms with Gasteiger partial charge in [0.05, 0.1) is 18.1 Å². The number of pyridine rings is 1. The number of aromatic nitrogens is 1. The number of nitriles is 2. The molecule has 1 aromatic heterocycles. The SMILES string of the molecule is N#CCc1c(C(F)F)cnc(N)c1C#N. The first-order valence-electron chi connectivity index (χ1n) is 3.94. The van der Waals surface area contributed by atoms with Gasteiger partial charge in [0, 0.05) is 11.8 Å². The Hall–Kier alpha value is -2.21. The summed E-state index contributed by atoms with van der Waals surface area (Å²) >= 11 is 0. The van der Waals surface area contributed by atoms with Gasteiger partial charge in [-0.2, -0.15) is 10.5 Å². The van der Waals surface area contributed by atoms with Gasteiger partial charge in [-0.25, -0.2) is 13.8 Å². The molecule has 0 bridgehead atoms. The van der Waals surface area contributed by atoms with Crippen LogP contribution in [0.3, 0.4) is 0 Å². The molecule has 0 fully saturated rings. The van der Waals surface area contributed by atoms with Gasteiger partial charge in [-0.1, -0.05) is 0 Å². The minimum Gasteiger partial charge on any atom is -0.383 e. The van der Waals surface area contributed by atoms with Crippen molar-refractivity contribution < 1.29 is 8.78 Å². The number of hydrogen-bond donors (Lipinski definition) is 1. The molecule has 0 aliphatic carbocycles. The smallest absolute Gasteiger partial charge is 0.265 e. The lowest BCUT2D eigenvalue weighted by atomic mass is 10.0. The highest BCUT2D eigenvalue weighted by Crippen LogP contribution is 2.27. The number of anilines is 1. The third kappa shape index (κ3) is 2.00. The Balaban J connectivity index is 3.45. The topological polar surface area (TPSA) is 86.5 Å². The number of hydrogen-bond acceptors (Lipinski definition) is 4. The minimum absolute atomic E-state index is 0.0394. The van der Waals surface area contributed by atoms with Crippen LogP contribution in [-0.4, -0.2) is 4.98 Å². The van der Waals surface area contributed by atoms with Crippen LogP contribution in [0.25, 0.3) is 0 Å². The number of nitrogen functional groups attached to an aromatic ring is 1. The van der Waals surface area contributed by atoms with Gasteiger partial charge in [-0.15, -0.1) is 0 Å². The van der Waals surface area contributed by atoms with Gasteiger partial charge in [0.2, 0.25) is 0 Å². The zero-order chi connectivity index (χ0) is 11.4. The molecular formula is C9H6F2N4. The summed E-state index contributed by atoms with van der Waals surface area (Å²) in [6, 6.07) is 3.39. The molecule has 0 atom stereocenters. The number of rotatable bonds is 2. The molecule has 0 amide bonds. The number of nitrogens with two attached hydrogens (primary N) is 1. The third-order valence-corrected chi connectivity index (χ3v) is 1.85. The summed E-state index contributed by atoms with van der Waals surface area (Å²) in [7, 11) is 0. The van der Waals surface area contributed by atoms with Crippen LogP contribution in [0.2, 0.25) is 0 Å². The molecular weight excluding hydrogens is 202 g/mol. The molecule has 0 unspecified atom stereocenters. The summed E-state index contributed by atoms with van der Waals surface area (Å²) < 4.78 is 25.0. The van der Waals surface area contributed by atoms with Crippen molar-refractivity contribution in [3.63, 3.8) is 0 Å². The van der Waals surface area contributed by atoms with Crippen LogP contribution in [0.15, 0.2) is 6.20 Å². The molecule has 15 heavy (non-hydrogen) atoms. The molecule has 0 radical (unpaired) electrons. The highest BCUT2D eigenvalue weighted by Gasteiger charge is 2.18. The van der Waals surface area contributed by atoms with Crippen LogP contribution >= 0.6 is 0 Å². The number of nitrogens with zero attached hydrogens (tertiary/aromatic N) is 3. The van der Waals surface area contributed by atoms with E-state index in [1.807, 2.05) is 0 Å². The molecule has 0 aliphatic heterocycles. The van der Waals surface area contributed by atoms with E-state index in [1.54, 1.807) is 12.1 Å². The van der Waals surface area contributed by atoms with Crippen molar-refractivity contribution in [2.24, 2.45) is 0 Å². The van der Waals surface area contributed by atoms with E-state index in [2.05, 4.69) is 4.98 Å². The van der Waals surface area contributed by atoms with Gasteiger partial charge in [-0.3, -0.25) is 0 Å². The van der Waals surface area contributed by atoms with Gasteiger partial charge >= 0.3 is 0 Å². The number of alkyl halides is 2. The first-order chi connectivity index (χ1) is 7.11. The fourth-order valence-corrected chi connectivity index (χ4v) is 1.16. The maximum atomic E-state index is 12.5. The summed E-state index contributed by atoms with van der Waals surface area (Å²) in [6.07, 6.45) is -2.16. The lowest BCUT2D eigenvalue weighted by Gasteiger charge is -2.08. The zero-order valence-electron chi connectivity index (χ0n) is 7.54. The monoisotopic (exact) mass is 208 g/mol. The molecule has 6 heteroatoms. The second kappa shape index (κ2) is 4.34. The Kier molecular flexibility index (Phi) is 3.14. The van der Waals surface area contributed by atoms with Crippen molar-refractivity contribution in [3.05, 3.63) is 22.9 Å². The van der Waals surface area contributed by atoms with Crippen LogP contribution in [0.1, 0.15) is 23.1 Å². The molecule has 1 rings (SSSR count). The third-order valence-electron chi connectivity index (χ3n) is 1.85. The Bertz CT molecular complexity index is 456. The maximum absolute atomic E-state index is 12.5. The standard InChI is InChI=1S/C9H6F2N4/c10-8(11)7-4-15-9(14)6(3-13)5(7)1-2-12/h4,8H,1H2,(H2,14,15). The van der Waals surface area contributed by atoms with Gasteiger partial charge in [0.25, 0.3) is 6.43 Å². The molecule has 76 valence electrons. The van der Waals surface area contributed by atoms with E-state index in [4.69, 9.17) is 16.3 Å². The average Bonchev–Trinajstić information content (AvgIpc) is 2.18. The van der Waals surface area contributed by atoms with E-state index >= 15 is 0 Å². The highest BCUT2D eigenvalue weighted by molar-refractivity contribution is 5.56. The molecule has 0 spiro atoms. The van der Waals surface area contributed by atoms with Gasteiger partial charge in [-0.05, 0) is 5.56 Å². The second-order valence-electron chi connectivity index (χ2n) is 2.70. The van der Waals surface area contributed by atoms with E-state index in [1.165, 1.54) is 0 Å². The van der Waals surface area contributed by atoms with E-state index in [-0.39, 0.29) is 23.4 Å². The second-order valence-corrected chi connectivity index (χ2v) is 2.70. The predicted octanol–water partition coefficient (Wildman–Crippen LogP) is 1.54. The first-order valence-corrected chi connectivity index (χ1v) is 3.94. The van der Waals surface area contributed by atoms with Crippen molar-refractivity contribution in [1.29, 1.82) is 10.5 Å². The minimum atomic E-state index is -2.77. The van der Waals surface area contributed by atoms with E-state index in [9.17, 15) is 8.78 Å². The van der Waals surface area contributed by atoms with Gasteiger partial charge in [0.1, 0.15) is 11.9 Å². The molecule has 0 saturated heterocycles. The summed E-state index contributed by atoms with van der Waals surface area (Å²) in [6.45, 7) is 0. The molecule has 2 N–H and O–H groups in total. The summed E-state index contributed by atoms with van der Waals surface area (Å²) in [4.78, 5) is 3.48. The van der Waals surface area contributed by atoms with Crippen LogP contribution in [0.5, 0.6) is 0 Å². The fourth-order valence-electron chi connectivity index (χ4n) is 1.16. The van der Waals surface area contributed by atoms with E-state index in [0.717, 1.165) is 6.20 Å². The Labute approximate surface area is 84.6 Å². The molecule has 1 aromatic rings. The predicted molar refractivity (Wildman–Crippen MR) is 47.6 cm³/mol. The van der Waals surface area contributed by atoms with Crippen LogP contribution in [0.4, 0.5) is 14.6 Å². The molecule has 4 nitrogen and oxygen atoms in total. The maximum Gasteiger partial charge on any atom is 0.265 e. The quantitative estimate of drug-likeness (QED) is 0.798.